The van der Waals surface area contributed by atoms with Gasteiger partial charge in [0.25, 0.3) is 5.91 Å². The van der Waals surface area contributed by atoms with Crippen LogP contribution in [0.5, 0.6) is 0 Å². The summed E-state index contributed by atoms with van der Waals surface area (Å²) in [6.07, 6.45) is 0.0132. The first kappa shape index (κ1) is 21.4. The highest BCUT2D eigenvalue weighted by Gasteiger charge is 2.45. The largest absolute Gasteiger partial charge is 0.394 e. The predicted molar refractivity (Wildman–Crippen MR) is 99.9 cm³/mol. The van der Waals surface area contributed by atoms with Crippen LogP contribution in [-0.4, -0.2) is 117 Å². The standard InChI is InChI=1S/C16H27N5O6S/c1-28-16-14(24)12(13(23)11(9-22)27-16)21-8-10(18-19-21)15(25)17-2-3-20-4-6-26-7-5-20/h8,11-14,16,22-24H,2-7,9H2,1H3,(H,17,25). The minimum Gasteiger partial charge on any atom is -0.394 e. The van der Waals surface area contributed by atoms with Crippen molar-refractivity contribution in [1.82, 2.24) is 25.2 Å². The third-order valence-corrected chi connectivity index (χ3v) is 5.80. The van der Waals surface area contributed by atoms with E-state index in [4.69, 9.17) is 9.47 Å². The lowest BCUT2D eigenvalue weighted by Gasteiger charge is -2.41. The summed E-state index contributed by atoms with van der Waals surface area (Å²) in [6.45, 7) is 3.87. The Kier molecular flexibility index (Phi) is 7.62. The highest BCUT2D eigenvalue weighted by atomic mass is 32.2. The van der Waals surface area contributed by atoms with Crippen LogP contribution in [-0.2, 0) is 9.47 Å². The summed E-state index contributed by atoms with van der Waals surface area (Å²) in [5.74, 6) is -0.379. The lowest BCUT2D eigenvalue weighted by atomic mass is 9.97. The number of hydrogen-bond acceptors (Lipinski definition) is 10. The van der Waals surface area contributed by atoms with E-state index in [0.29, 0.717) is 26.3 Å². The summed E-state index contributed by atoms with van der Waals surface area (Å²) in [4.78, 5) is 14.5. The summed E-state index contributed by atoms with van der Waals surface area (Å²) in [5.41, 5.74) is -0.547. The molecule has 0 aliphatic carbocycles. The Morgan fingerprint density at radius 1 is 1.36 bits per heavy atom. The molecular formula is C16H27N5O6S. The van der Waals surface area contributed by atoms with Crippen LogP contribution in [0.25, 0.3) is 0 Å². The average Bonchev–Trinajstić information content (AvgIpc) is 3.19. The van der Waals surface area contributed by atoms with E-state index >= 15 is 0 Å². The second-order valence-corrected chi connectivity index (χ2v) is 7.66. The lowest BCUT2D eigenvalue weighted by molar-refractivity contribution is -0.178. The number of morpholine rings is 1. The molecule has 4 N–H and O–H groups in total. The fourth-order valence-electron chi connectivity index (χ4n) is 3.34. The summed E-state index contributed by atoms with van der Waals surface area (Å²) < 4.78 is 12.0. The van der Waals surface area contributed by atoms with Gasteiger partial charge in [-0.2, -0.15) is 0 Å². The van der Waals surface area contributed by atoms with Crippen molar-refractivity contribution in [3.05, 3.63) is 11.9 Å². The highest BCUT2D eigenvalue weighted by molar-refractivity contribution is 7.99. The van der Waals surface area contributed by atoms with E-state index in [0.717, 1.165) is 13.1 Å². The van der Waals surface area contributed by atoms with Gasteiger partial charge >= 0.3 is 0 Å². The SMILES string of the molecule is CSC1OC(CO)C(O)C(n2cc(C(=O)NCCN3CCOCC3)nn2)C1O. The molecule has 2 fully saturated rings. The van der Waals surface area contributed by atoms with Crippen LogP contribution >= 0.6 is 11.8 Å². The number of aromatic nitrogens is 3. The number of carbonyl (C=O) groups is 1. The maximum Gasteiger partial charge on any atom is 0.273 e. The molecule has 2 aliphatic rings. The Morgan fingerprint density at radius 3 is 2.79 bits per heavy atom. The molecule has 0 saturated carbocycles. The molecule has 3 heterocycles. The average molecular weight is 417 g/mol. The number of aliphatic hydroxyl groups excluding tert-OH is 3. The van der Waals surface area contributed by atoms with Crippen molar-refractivity contribution in [3.63, 3.8) is 0 Å². The van der Waals surface area contributed by atoms with Gasteiger partial charge in [-0.25, -0.2) is 4.68 Å². The van der Waals surface area contributed by atoms with Crippen molar-refractivity contribution >= 4 is 17.7 Å². The van der Waals surface area contributed by atoms with Crippen LogP contribution in [0.3, 0.4) is 0 Å². The van der Waals surface area contributed by atoms with Crippen LogP contribution in [0.2, 0.25) is 0 Å². The van der Waals surface area contributed by atoms with Crippen LogP contribution in [0.1, 0.15) is 16.5 Å². The Morgan fingerprint density at radius 2 is 2.11 bits per heavy atom. The van der Waals surface area contributed by atoms with Gasteiger partial charge in [0.05, 0.1) is 26.0 Å². The minimum absolute atomic E-state index is 0.0918. The molecule has 3 rings (SSSR count). The first-order valence-electron chi connectivity index (χ1n) is 9.20. The van der Waals surface area contributed by atoms with E-state index in [-0.39, 0.29) is 11.6 Å². The summed E-state index contributed by atoms with van der Waals surface area (Å²) in [6, 6.07) is -0.884. The lowest BCUT2D eigenvalue weighted by Crippen LogP contribution is -2.54. The van der Waals surface area contributed by atoms with Crippen molar-refractivity contribution in [2.24, 2.45) is 0 Å². The highest BCUT2D eigenvalue weighted by Crippen LogP contribution is 2.33. The quantitative estimate of drug-likeness (QED) is 0.382. The zero-order valence-corrected chi connectivity index (χ0v) is 16.5. The van der Waals surface area contributed by atoms with Crippen molar-refractivity contribution in [2.75, 3.05) is 52.3 Å². The first-order valence-corrected chi connectivity index (χ1v) is 10.5. The normalized spacial score (nSPS) is 31.6. The van der Waals surface area contributed by atoms with Gasteiger partial charge in [0.1, 0.15) is 29.8 Å². The predicted octanol–water partition coefficient (Wildman–Crippen LogP) is -2.32. The van der Waals surface area contributed by atoms with E-state index in [1.54, 1.807) is 6.26 Å². The molecule has 0 bridgehead atoms. The number of hydrogen-bond donors (Lipinski definition) is 4. The Bertz CT molecular complexity index is 627. The monoisotopic (exact) mass is 417 g/mol. The first-order chi connectivity index (χ1) is 13.5. The van der Waals surface area contributed by atoms with Gasteiger partial charge in [-0.15, -0.1) is 16.9 Å². The molecule has 2 saturated heterocycles. The van der Waals surface area contributed by atoms with Gasteiger partial charge in [-0.3, -0.25) is 9.69 Å². The second kappa shape index (κ2) is 9.96. The van der Waals surface area contributed by atoms with Gasteiger partial charge in [0.2, 0.25) is 0 Å². The second-order valence-electron chi connectivity index (χ2n) is 6.73. The zero-order valence-electron chi connectivity index (χ0n) is 15.7. The summed E-state index contributed by atoms with van der Waals surface area (Å²) in [5, 5.41) is 40.9. The molecule has 1 aromatic heterocycles. The molecule has 0 spiro atoms. The minimum atomic E-state index is -1.19. The number of amides is 1. The molecule has 11 nitrogen and oxygen atoms in total. The molecule has 158 valence electrons. The van der Waals surface area contributed by atoms with Gasteiger partial charge in [-0.05, 0) is 6.26 Å². The van der Waals surface area contributed by atoms with Gasteiger partial charge < -0.3 is 30.1 Å². The molecule has 0 radical (unpaired) electrons. The maximum atomic E-state index is 12.3. The topological polar surface area (TPSA) is 142 Å². The van der Waals surface area contributed by atoms with Gasteiger partial charge in [0, 0.05) is 26.2 Å². The van der Waals surface area contributed by atoms with Gasteiger partial charge in [0.15, 0.2) is 5.69 Å². The number of thioether (sulfide) groups is 1. The Balaban J connectivity index is 1.60. The molecule has 1 aromatic rings. The van der Waals surface area contributed by atoms with Crippen molar-refractivity contribution < 1.29 is 29.6 Å². The number of rotatable bonds is 7. The molecule has 28 heavy (non-hydrogen) atoms. The van der Waals surface area contributed by atoms with E-state index in [9.17, 15) is 20.1 Å². The Hall–Kier alpha value is -1.28. The van der Waals surface area contributed by atoms with E-state index < -0.39 is 36.4 Å². The van der Waals surface area contributed by atoms with Crippen LogP contribution in [0.4, 0.5) is 0 Å². The van der Waals surface area contributed by atoms with Crippen molar-refractivity contribution in [3.8, 4) is 0 Å². The summed E-state index contributed by atoms with van der Waals surface area (Å²) in [7, 11) is 0. The molecule has 2 aliphatic heterocycles. The molecular weight excluding hydrogens is 390 g/mol. The van der Waals surface area contributed by atoms with Gasteiger partial charge in [-0.1, -0.05) is 5.21 Å². The summed E-state index contributed by atoms with van der Waals surface area (Å²) >= 11 is 1.26. The molecule has 5 unspecified atom stereocenters. The third-order valence-electron chi connectivity index (χ3n) is 4.95. The van der Waals surface area contributed by atoms with Crippen LogP contribution in [0, 0.1) is 0 Å². The van der Waals surface area contributed by atoms with Crippen molar-refractivity contribution in [1.29, 1.82) is 0 Å². The molecule has 5 atom stereocenters. The third kappa shape index (κ3) is 4.82. The maximum absolute atomic E-state index is 12.3. The molecule has 1 amide bonds. The fraction of sp³-hybridized carbons (Fsp3) is 0.812. The number of carbonyl (C=O) groups excluding carboxylic acids is 1. The Labute approximate surface area is 167 Å². The molecule has 12 heteroatoms. The van der Waals surface area contributed by atoms with E-state index in [1.165, 1.54) is 22.6 Å². The number of nitrogens with one attached hydrogen (secondary N) is 1. The van der Waals surface area contributed by atoms with Crippen LogP contribution in [0.15, 0.2) is 6.20 Å². The smallest absolute Gasteiger partial charge is 0.273 e. The van der Waals surface area contributed by atoms with Crippen LogP contribution < -0.4 is 5.32 Å². The molecule has 0 aromatic carbocycles. The van der Waals surface area contributed by atoms with E-state index in [2.05, 4.69) is 20.5 Å². The zero-order chi connectivity index (χ0) is 20.1. The fourth-order valence-corrected chi connectivity index (χ4v) is 4.04. The number of ether oxygens (including phenoxy) is 2. The number of aliphatic hydroxyl groups is 3. The number of nitrogens with zero attached hydrogens (tertiary/aromatic N) is 4. The van der Waals surface area contributed by atoms with E-state index in [1.807, 2.05) is 0 Å². The van der Waals surface area contributed by atoms with Crippen molar-refractivity contribution in [2.45, 2.75) is 29.8 Å².